The topological polar surface area (TPSA) is 32.7 Å². The molecule has 1 aliphatic heterocycles. The lowest BCUT2D eigenvalue weighted by Crippen LogP contribution is -2.30. The van der Waals surface area contributed by atoms with Gasteiger partial charge in [0, 0.05) is 25.2 Å². The molecule has 0 atom stereocenters. The van der Waals surface area contributed by atoms with Crippen molar-refractivity contribution in [1.29, 1.82) is 0 Å². The Balaban J connectivity index is 1.75. The van der Waals surface area contributed by atoms with Gasteiger partial charge < -0.3 is 9.84 Å². The third kappa shape index (κ3) is 3.03. The summed E-state index contributed by atoms with van der Waals surface area (Å²) in [4.78, 5) is 2.37. The van der Waals surface area contributed by atoms with E-state index in [1.807, 2.05) is 25.1 Å². The van der Waals surface area contributed by atoms with Crippen molar-refractivity contribution >= 4 is 0 Å². The van der Waals surface area contributed by atoms with E-state index in [1.54, 1.807) is 0 Å². The zero-order valence-electron chi connectivity index (χ0n) is 12.4. The molecular formula is C18H21NO2. The minimum atomic E-state index is 0.276. The molecule has 0 radical (unpaired) electrons. The van der Waals surface area contributed by atoms with Crippen LogP contribution in [0.1, 0.15) is 23.6 Å². The molecule has 110 valence electrons. The molecule has 0 bridgehead atoms. The molecule has 0 unspecified atom stereocenters. The Bertz CT molecular complexity index is 624. The molecule has 0 saturated heterocycles. The number of ether oxygens (including phenoxy) is 1. The molecule has 1 aliphatic rings. The highest BCUT2D eigenvalue weighted by molar-refractivity contribution is 5.45. The van der Waals surface area contributed by atoms with Crippen LogP contribution >= 0.6 is 0 Å². The molecule has 0 saturated carbocycles. The Morgan fingerprint density at radius 2 is 1.90 bits per heavy atom. The van der Waals surface area contributed by atoms with Gasteiger partial charge in [-0.1, -0.05) is 36.4 Å². The molecule has 0 aromatic heterocycles. The Kier molecular flexibility index (Phi) is 4.11. The first-order valence-corrected chi connectivity index (χ1v) is 7.50. The maximum Gasteiger partial charge on any atom is 0.162 e. The van der Waals surface area contributed by atoms with Crippen molar-refractivity contribution in [2.24, 2.45) is 0 Å². The van der Waals surface area contributed by atoms with Crippen LogP contribution in [0.3, 0.4) is 0 Å². The summed E-state index contributed by atoms with van der Waals surface area (Å²) >= 11 is 0. The Hall–Kier alpha value is -2.00. The van der Waals surface area contributed by atoms with Crippen molar-refractivity contribution in [1.82, 2.24) is 4.90 Å². The normalized spacial score (nSPS) is 14.7. The minimum absolute atomic E-state index is 0.276. The molecule has 0 amide bonds. The van der Waals surface area contributed by atoms with Crippen LogP contribution in [0.4, 0.5) is 0 Å². The summed E-state index contributed by atoms with van der Waals surface area (Å²) in [6.07, 6.45) is 1.07. The number of para-hydroxylation sites is 1. The third-order valence-electron chi connectivity index (χ3n) is 3.99. The van der Waals surface area contributed by atoms with Crippen molar-refractivity contribution in [3.8, 4) is 11.5 Å². The van der Waals surface area contributed by atoms with Crippen molar-refractivity contribution < 1.29 is 9.84 Å². The standard InChI is InChI=1S/C18H21NO2/c1-2-21-17-9-5-8-16(18(17)20)13-19-11-10-14-6-3-4-7-15(14)12-19/h3-9,20H,2,10-13H2,1H3. The fourth-order valence-corrected chi connectivity index (χ4v) is 2.90. The predicted molar refractivity (Wildman–Crippen MR) is 83.5 cm³/mol. The van der Waals surface area contributed by atoms with Gasteiger partial charge in [0.2, 0.25) is 0 Å². The summed E-state index contributed by atoms with van der Waals surface area (Å²) in [5, 5.41) is 10.3. The van der Waals surface area contributed by atoms with E-state index in [0.29, 0.717) is 12.4 Å². The number of rotatable bonds is 4. The summed E-state index contributed by atoms with van der Waals surface area (Å²) in [5.74, 6) is 0.852. The molecule has 1 heterocycles. The average molecular weight is 283 g/mol. The van der Waals surface area contributed by atoms with Gasteiger partial charge in [-0.05, 0) is 30.5 Å². The maximum atomic E-state index is 10.3. The molecule has 0 aliphatic carbocycles. The summed E-state index contributed by atoms with van der Waals surface area (Å²) in [7, 11) is 0. The smallest absolute Gasteiger partial charge is 0.162 e. The van der Waals surface area contributed by atoms with Crippen LogP contribution < -0.4 is 4.74 Å². The molecule has 3 nitrogen and oxygen atoms in total. The lowest BCUT2D eigenvalue weighted by atomic mass is 9.99. The van der Waals surface area contributed by atoms with Gasteiger partial charge in [0.15, 0.2) is 11.5 Å². The highest BCUT2D eigenvalue weighted by atomic mass is 16.5. The Morgan fingerprint density at radius 3 is 2.71 bits per heavy atom. The summed E-state index contributed by atoms with van der Waals surface area (Å²) in [6, 6.07) is 14.3. The van der Waals surface area contributed by atoms with Gasteiger partial charge in [0.1, 0.15) is 0 Å². The second kappa shape index (κ2) is 6.19. The van der Waals surface area contributed by atoms with Crippen LogP contribution in [-0.2, 0) is 19.5 Å². The van der Waals surface area contributed by atoms with Crippen LogP contribution in [0.5, 0.6) is 11.5 Å². The van der Waals surface area contributed by atoms with Gasteiger partial charge in [-0.25, -0.2) is 0 Å². The molecule has 2 aromatic rings. The number of phenols is 1. The molecule has 0 spiro atoms. The largest absolute Gasteiger partial charge is 0.504 e. The van der Waals surface area contributed by atoms with Crippen LogP contribution in [0, 0.1) is 0 Å². The van der Waals surface area contributed by atoms with Gasteiger partial charge in [-0.2, -0.15) is 0 Å². The number of aromatic hydroxyl groups is 1. The fraction of sp³-hybridized carbons (Fsp3) is 0.333. The fourth-order valence-electron chi connectivity index (χ4n) is 2.90. The zero-order valence-corrected chi connectivity index (χ0v) is 12.4. The van der Waals surface area contributed by atoms with Gasteiger partial charge in [-0.3, -0.25) is 4.90 Å². The number of phenolic OH excluding ortho intramolecular Hbond substituents is 1. The van der Waals surface area contributed by atoms with Gasteiger partial charge >= 0.3 is 0 Å². The molecule has 21 heavy (non-hydrogen) atoms. The highest BCUT2D eigenvalue weighted by Crippen LogP contribution is 2.31. The summed E-state index contributed by atoms with van der Waals surface area (Å²) < 4.78 is 5.45. The van der Waals surface area contributed by atoms with E-state index in [-0.39, 0.29) is 5.75 Å². The first kappa shape index (κ1) is 14.0. The van der Waals surface area contributed by atoms with E-state index < -0.39 is 0 Å². The first-order chi connectivity index (χ1) is 10.3. The quantitative estimate of drug-likeness (QED) is 0.934. The maximum absolute atomic E-state index is 10.3. The van der Waals surface area contributed by atoms with Crippen LogP contribution in [0.15, 0.2) is 42.5 Å². The van der Waals surface area contributed by atoms with E-state index in [9.17, 15) is 5.11 Å². The summed E-state index contributed by atoms with van der Waals surface area (Å²) in [6.45, 7) is 5.20. The SMILES string of the molecule is CCOc1cccc(CN2CCc3ccccc3C2)c1O. The predicted octanol–water partition coefficient (Wildman–Crippen LogP) is 3.35. The van der Waals surface area contributed by atoms with Crippen LogP contribution in [0.25, 0.3) is 0 Å². The van der Waals surface area contributed by atoms with E-state index in [1.165, 1.54) is 11.1 Å². The van der Waals surface area contributed by atoms with E-state index >= 15 is 0 Å². The van der Waals surface area contributed by atoms with Crippen molar-refractivity contribution in [2.45, 2.75) is 26.4 Å². The first-order valence-electron chi connectivity index (χ1n) is 7.50. The number of benzene rings is 2. The number of hydrogen-bond donors (Lipinski definition) is 1. The lowest BCUT2D eigenvalue weighted by Gasteiger charge is -2.29. The molecule has 2 aromatic carbocycles. The second-order valence-corrected chi connectivity index (χ2v) is 5.43. The van der Waals surface area contributed by atoms with Gasteiger partial charge in [-0.15, -0.1) is 0 Å². The lowest BCUT2D eigenvalue weighted by molar-refractivity contribution is 0.240. The van der Waals surface area contributed by atoms with Crippen molar-refractivity contribution in [3.05, 3.63) is 59.2 Å². The van der Waals surface area contributed by atoms with E-state index in [4.69, 9.17) is 4.74 Å². The summed E-state index contributed by atoms with van der Waals surface area (Å²) in [5.41, 5.74) is 3.77. The van der Waals surface area contributed by atoms with E-state index in [2.05, 4.69) is 29.2 Å². The van der Waals surface area contributed by atoms with E-state index in [0.717, 1.165) is 31.6 Å². The van der Waals surface area contributed by atoms with Gasteiger partial charge in [0.25, 0.3) is 0 Å². The Morgan fingerprint density at radius 1 is 1.10 bits per heavy atom. The average Bonchev–Trinajstić information content (AvgIpc) is 2.51. The van der Waals surface area contributed by atoms with Crippen LogP contribution in [0.2, 0.25) is 0 Å². The second-order valence-electron chi connectivity index (χ2n) is 5.43. The molecule has 3 rings (SSSR count). The van der Waals surface area contributed by atoms with Crippen LogP contribution in [-0.4, -0.2) is 23.2 Å². The van der Waals surface area contributed by atoms with Crippen molar-refractivity contribution in [2.75, 3.05) is 13.2 Å². The van der Waals surface area contributed by atoms with Gasteiger partial charge in [0.05, 0.1) is 6.61 Å². The number of fused-ring (bicyclic) bond motifs is 1. The third-order valence-corrected chi connectivity index (χ3v) is 3.99. The molecule has 3 heteroatoms. The Labute approximate surface area is 125 Å². The number of hydrogen-bond acceptors (Lipinski definition) is 3. The number of nitrogens with zero attached hydrogens (tertiary/aromatic N) is 1. The zero-order chi connectivity index (χ0) is 14.7. The highest BCUT2D eigenvalue weighted by Gasteiger charge is 2.17. The molecular weight excluding hydrogens is 262 g/mol. The molecule has 0 fully saturated rings. The van der Waals surface area contributed by atoms with Crippen molar-refractivity contribution in [3.63, 3.8) is 0 Å². The minimum Gasteiger partial charge on any atom is -0.504 e. The molecule has 1 N–H and O–H groups in total. The monoisotopic (exact) mass is 283 g/mol.